The smallest absolute Gasteiger partial charge is 0.224 e. The van der Waals surface area contributed by atoms with Gasteiger partial charge < -0.3 is 16.0 Å². The predicted molar refractivity (Wildman–Crippen MR) is 75.0 cm³/mol. The molecule has 0 aromatic carbocycles. The molecule has 7 heteroatoms. The van der Waals surface area contributed by atoms with Crippen molar-refractivity contribution in [1.29, 1.82) is 0 Å². The summed E-state index contributed by atoms with van der Waals surface area (Å²) in [4.78, 5) is 21.6. The number of halogens is 1. The highest BCUT2D eigenvalue weighted by Crippen LogP contribution is 2.18. The molecule has 0 spiro atoms. The van der Waals surface area contributed by atoms with Gasteiger partial charge in [0.1, 0.15) is 10.8 Å². The molecular weight excluding hydrogens is 266 g/mol. The minimum Gasteiger partial charge on any atom is -0.368 e. The van der Waals surface area contributed by atoms with E-state index >= 15 is 0 Å². The van der Waals surface area contributed by atoms with Crippen molar-refractivity contribution < 1.29 is 4.79 Å². The number of rotatable bonds is 4. The van der Waals surface area contributed by atoms with Gasteiger partial charge in [0.2, 0.25) is 11.9 Å². The Bertz CT molecular complexity index is 448. The van der Waals surface area contributed by atoms with Crippen molar-refractivity contribution in [2.24, 2.45) is 0 Å². The van der Waals surface area contributed by atoms with Crippen LogP contribution in [0.3, 0.4) is 0 Å². The van der Waals surface area contributed by atoms with Gasteiger partial charge in [-0.15, -0.1) is 0 Å². The van der Waals surface area contributed by atoms with E-state index in [0.717, 1.165) is 25.9 Å². The van der Waals surface area contributed by atoms with Gasteiger partial charge >= 0.3 is 0 Å². The summed E-state index contributed by atoms with van der Waals surface area (Å²) in [6.07, 6.45) is 5.30. The van der Waals surface area contributed by atoms with E-state index in [9.17, 15) is 4.79 Å². The second-order valence-electron chi connectivity index (χ2n) is 4.54. The highest BCUT2D eigenvalue weighted by Gasteiger charge is 2.15. The molecule has 0 bridgehead atoms. The van der Waals surface area contributed by atoms with Crippen molar-refractivity contribution in [3.05, 3.63) is 11.2 Å². The van der Waals surface area contributed by atoms with Gasteiger partial charge in [-0.05, 0) is 19.3 Å². The summed E-state index contributed by atoms with van der Waals surface area (Å²) >= 11 is 5.92. The fourth-order valence-corrected chi connectivity index (χ4v) is 2.25. The average Bonchev–Trinajstić information content (AvgIpc) is 2.43. The van der Waals surface area contributed by atoms with Crippen molar-refractivity contribution in [1.82, 2.24) is 14.9 Å². The molecule has 1 saturated heterocycles. The molecule has 1 amide bonds. The van der Waals surface area contributed by atoms with Crippen LogP contribution in [0.15, 0.2) is 6.20 Å². The number of amides is 1. The van der Waals surface area contributed by atoms with Crippen LogP contribution < -0.4 is 11.1 Å². The van der Waals surface area contributed by atoms with Crippen LogP contribution in [0.25, 0.3) is 0 Å². The first-order valence-electron chi connectivity index (χ1n) is 6.46. The Morgan fingerprint density at radius 2 is 2.16 bits per heavy atom. The molecule has 0 aliphatic carbocycles. The van der Waals surface area contributed by atoms with E-state index in [-0.39, 0.29) is 11.9 Å². The van der Waals surface area contributed by atoms with Crippen LogP contribution in [0.1, 0.15) is 25.7 Å². The molecule has 0 saturated carbocycles. The van der Waals surface area contributed by atoms with E-state index in [1.807, 2.05) is 4.90 Å². The number of anilines is 2. The topological polar surface area (TPSA) is 84.1 Å². The lowest BCUT2D eigenvalue weighted by Gasteiger charge is -2.26. The molecular formula is C12H18ClN5O. The molecule has 104 valence electrons. The summed E-state index contributed by atoms with van der Waals surface area (Å²) in [6.45, 7) is 2.24. The molecule has 1 aromatic heterocycles. The van der Waals surface area contributed by atoms with Gasteiger partial charge in [0.15, 0.2) is 0 Å². The molecule has 2 heterocycles. The Morgan fingerprint density at radius 3 is 2.89 bits per heavy atom. The number of nitrogen functional groups attached to an aromatic ring is 1. The Labute approximate surface area is 117 Å². The molecule has 19 heavy (non-hydrogen) atoms. The Hall–Kier alpha value is -1.56. The van der Waals surface area contributed by atoms with E-state index in [1.54, 1.807) is 0 Å². The Morgan fingerprint density at radius 1 is 1.42 bits per heavy atom. The van der Waals surface area contributed by atoms with Gasteiger partial charge in [0, 0.05) is 26.1 Å². The van der Waals surface area contributed by atoms with Crippen molar-refractivity contribution in [3.8, 4) is 0 Å². The summed E-state index contributed by atoms with van der Waals surface area (Å²) in [7, 11) is 0. The quantitative estimate of drug-likeness (QED) is 0.875. The van der Waals surface area contributed by atoms with Crippen LogP contribution in [0, 0.1) is 0 Å². The fourth-order valence-electron chi connectivity index (χ4n) is 2.09. The molecule has 1 aliphatic heterocycles. The third kappa shape index (κ3) is 3.96. The number of nitrogens with one attached hydrogen (secondary N) is 1. The number of likely N-dealkylation sites (tertiary alicyclic amines) is 1. The third-order valence-corrected chi connectivity index (χ3v) is 3.38. The second kappa shape index (κ2) is 6.56. The number of piperidine rings is 1. The van der Waals surface area contributed by atoms with E-state index in [4.69, 9.17) is 17.3 Å². The normalized spacial score (nSPS) is 15.3. The fraction of sp³-hybridized carbons (Fsp3) is 0.583. The van der Waals surface area contributed by atoms with E-state index in [2.05, 4.69) is 15.3 Å². The molecule has 1 aliphatic rings. The lowest BCUT2D eigenvalue weighted by molar-refractivity contribution is -0.131. The van der Waals surface area contributed by atoms with Crippen molar-refractivity contribution in [3.63, 3.8) is 0 Å². The first-order valence-corrected chi connectivity index (χ1v) is 6.84. The Balaban J connectivity index is 1.79. The summed E-state index contributed by atoms with van der Waals surface area (Å²) in [5.41, 5.74) is 5.48. The maximum atomic E-state index is 11.9. The Kier molecular flexibility index (Phi) is 4.79. The van der Waals surface area contributed by atoms with Gasteiger partial charge in [-0.1, -0.05) is 11.6 Å². The minimum atomic E-state index is 0.161. The van der Waals surface area contributed by atoms with Crippen molar-refractivity contribution >= 4 is 29.3 Å². The number of carbonyl (C=O) groups excluding carboxylic acids is 1. The molecule has 2 rings (SSSR count). The molecule has 0 unspecified atom stereocenters. The van der Waals surface area contributed by atoms with Crippen molar-refractivity contribution in [2.45, 2.75) is 25.7 Å². The summed E-state index contributed by atoms with van der Waals surface area (Å²) in [6, 6.07) is 0. The lowest BCUT2D eigenvalue weighted by atomic mass is 10.1. The van der Waals surface area contributed by atoms with Crippen LogP contribution in [0.2, 0.25) is 5.02 Å². The highest BCUT2D eigenvalue weighted by molar-refractivity contribution is 6.32. The van der Waals surface area contributed by atoms with Gasteiger partial charge in [0.05, 0.1) is 6.20 Å². The monoisotopic (exact) mass is 283 g/mol. The van der Waals surface area contributed by atoms with Crippen LogP contribution in [0.5, 0.6) is 0 Å². The summed E-state index contributed by atoms with van der Waals surface area (Å²) in [5, 5.41) is 3.42. The largest absolute Gasteiger partial charge is 0.368 e. The van der Waals surface area contributed by atoms with Crippen LogP contribution in [0.4, 0.5) is 11.8 Å². The number of aromatic nitrogens is 2. The lowest BCUT2D eigenvalue weighted by Crippen LogP contribution is -2.36. The molecule has 0 radical (unpaired) electrons. The van der Waals surface area contributed by atoms with E-state index < -0.39 is 0 Å². The number of nitrogens with two attached hydrogens (primary N) is 1. The number of nitrogens with zero attached hydrogens (tertiary/aromatic N) is 3. The number of hydrogen-bond acceptors (Lipinski definition) is 5. The SMILES string of the molecule is Nc1ncc(Cl)c(NCCC(=O)N2CCCCC2)n1. The van der Waals surface area contributed by atoms with Crippen LogP contribution in [-0.4, -0.2) is 40.4 Å². The van der Waals surface area contributed by atoms with Crippen molar-refractivity contribution in [2.75, 3.05) is 30.7 Å². The maximum absolute atomic E-state index is 11.9. The van der Waals surface area contributed by atoms with Crippen LogP contribution >= 0.6 is 11.6 Å². The first-order chi connectivity index (χ1) is 9.16. The predicted octanol–water partition coefficient (Wildman–Crippen LogP) is 1.53. The molecule has 3 N–H and O–H groups in total. The molecule has 0 atom stereocenters. The van der Waals surface area contributed by atoms with E-state index in [0.29, 0.717) is 23.8 Å². The zero-order chi connectivity index (χ0) is 13.7. The van der Waals surface area contributed by atoms with Gasteiger partial charge in [0.25, 0.3) is 0 Å². The highest BCUT2D eigenvalue weighted by atomic mass is 35.5. The van der Waals surface area contributed by atoms with E-state index in [1.165, 1.54) is 12.6 Å². The van der Waals surface area contributed by atoms with Gasteiger partial charge in [-0.25, -0.2) is 4.98 Å². The number of hydrogen-bond donors (Lipinski definition) is 2. The molecule has 1 aromatic rings. The molecule has 6 nitrogen and oxygen atoms in total. The minimum absolute atomic E-state index is 0.161. The van der Waals surface area contributed by atoms with Gasteiger partial charge in [-0.2, -0.15) is 4.98 Å². The third-order valence-electron chi connectivity index (χ3n) is 3.10. The zero-order valence-electron chi connectivity index (χ0n) is 10.7. The second-order valence-corrected chi connectivity index (χ2v) is 4.95. The summed E-state index contributed by atoms with van der Waals surface area (Å²) in [5.74, 6) is 0.806. The van der Waals surface area contributed by atoms with Gasteiger partial charge in [-0.3, -0.25) is 4.79 Å². The summed E-state index contributed by atoms with van der Waals surface area (Å²) < 4.78 is 0. The molecule has 1 fully saturated rings. The standard InChI is InChI=1S/C12H18ClN5O/c13-9-8-16-12(14)17-11(9)15-5-4-10(19)18-6-2-1-3-7-18/h8H,1-7H2,(H3,14,15,16,17). The van der Waals surface area contributed by atoms with Crippen LogP contribution in [-0.2, 0) is 4.79 Å². The number of carbonyl (C=O) groups is 1. The maximum Gasteiger partial charge on any atom is 0.224 e. The first kappa shape index (κ1) is 13.9. The average molecular weight is 284 g/mol. The zero-order valence-corrected chi connectivity index (χ0v) is 11.5.